The summed E-state index contributed by atoms with van der Waals surface area (Å²) in [6, 6.07) is 4.11. The summed E-state index contributed by atoms with van der Waals surface area (Å²) in [5, 5.41) is 12.0. The van der Waals surface area contributed by atoms with Crippen molar-refractivity contribution in [3.63, 3.8) is 0 Å². The summed E-state index contributed by atoms with van der Waals surface area (Å²) in [5.74, 6) is 0. The Kier molecular flexibility index (Phi) is 3.64. The summed E-state index contributed by atoms with van der Waals surface area (Å²) in [6.45, 7) is 1.88. The van der Waals surface area contributed by atoms with Crippen LogP contribution in [0.4, 0.5) is 0 Å². The molecule has 0 saturated carbocycles. The summed E-state index contributed by atoms with van der Waals surface area (Å²) in [5.41, 5.74) is 1.52. The predicted molar refractivity (Wildman–Crippen MR) is 64.4 cm³/mol. The van der Waals surface area contributed by atoms with E-state index in [2.05, 4.69) is 16.0 Å². The average molecular weight is 234 g/mol. The van der Waals surface area contributed by atoms with E-state index < -0.39 is 6.10 Å². The molecule has 2 rings (SSSR count). The number of aliphatic hydroxyl groups excluding tert-OH is 1. The minimum absolute atomic E-state index is 0.518. The van der Waals surface area contributed by atoms with Crippen LogP contribution in [0, 0.1) is 6.92 Å². The SMILES string of the molecule is Cc1cnc(C(O)CCc2cccs2)cn1. The molecule has 84 valence electrons. The highest BCUT2D eigenvalue weighted by atomic mass is 32.1. The summed E-state index contributed by atoms with van der Waals surface area (Å²) < 4.78 is 0. The maximum absolute atomic E-state index is 9.91. The van der Waals surface area contributed by atoms with Crippen molar-refractivity contribution in [3.8, 4) is 0 Å². The molecule has 0 aliphatic heterocycles. The van der Waals surface area contributed by atoms with Crippen LogP contribution in [0.1, 0.15) is 28.8 Å². The van der Waals surface area contributed by atoms with E-state index in [9.17, 15) is 5.11 Å². The molecule has 3 nitrogen and oxygen atoms in total. The van der Waals surface area contributed by atoms with Crippen molar-refractivity contribution < 1.29 is 5.11 Å². The van der Waals surface area contributed by atoms with E-state index in [1.165, 1.54) is 4.88 Å². The van der Waals surface area contributed by atoms with E-state index in [0.29, 0.717) is 12.1 Å². The second-order valence-corrected chi connectivity index (χ2v) is 4.75. The summed E-state index contributed by atoms with van der Waals surface area (Å²) >= 11 is 1.72. The lowest BCUT2D eigenvalue weighted by molar-refractivity contribution is 0.163. The first-order valence-electron chi connectivity index (χ1n) is 5.24. The molecule has 16 heavy (non-hydrogen) atoms. The molecule has 2 aromatic heterocycles. The van der Waals surface area contributed by atoms with Gasteiger partial charge in [-0.05, 0) is 31.2 Å². The van der Waals surface area contributed by atoms with E-state index in [-0.39, 0.29) is 0 Å². The normalized spacial score (nSPS) is 12.6. The minimum Gasteiger partial charge on any atom is -0.387 e. The van der Waals surface area contributed by atoms with Gasteiger partial charge < -0.3 is 5.11 Å². The number of hydrogen-bond acceptors (Lipinski definition) is 4. The monoisotopic (exact) mass is 234 g/mol. The maximum Gasteiger partial charge on any atom is 0.0978 e. The van der Waals surface area contributed by atoms with Gasteiger partial charge in [0.2, 0.25) is 0 Å². The third-order valence-corrected chi connectivity index (χ3v) is 3.32. The van der Waals surface area contributed by atoms with Crippen molar-refractivity contribution in [1.29, 1.82) is 0 Å². The zero-order chi connectivity index (χ0) is 11.4. The van der Waals surface area contributed by atoms with Crippen molar-refractivity contribution in [2.24, 2.45) is 0 Å². The molecule has 1 N–H and O–H groups in total. The van der Waals surface area contributed by atoms with Crippen LogP contribution in [-0.2, 0) is 6.42 Å². The van der Waals surface area contributed by atoms with Gasteiger partial charge in [0, 0.05) is 11.1 Å². The first-order valence-corrected chi connectivity index (χ1v) is 6.12. The van der Waals surface area contributed by atoms with Crippen molar-refractivity contribution in [1.82, 2.24) is 9.97 Å². The molecule has 1 atom stereocenters. The molecule has 2 heterocycles. The van der Waals surface area contributed by atoms with Gasteiger partial charge in [-0.3, -0.25) is 9.97 Å². The van der Waals surface area contributed by atoms with Gasteiger partial charge in [-0.15, -0.1) is 11.3 Å². The summed E-state index contributed by atoms with van der Waals surface area (Å²) in [6.07, 6.45) is 4.39. The number of rotatable bonds is 4. The van der Waals surface area contributed by atoms with E-state index in [1.807, 2.05) is 18.4 Å². The van der Waals surface area contributed by atoms with Crippen LogP contribution in [0.25, 0.3) is 0 Å². The van der Waals surface area contributed by atoms with Crippen LogP contribution in [-0.4, -0.2) is 15.1 Å². The molecular formula is C12H14N2OS. The molecular weight excluding hydrogens is 220 g/mol. The Labute approximate surface area is 98.8 Å². The number of thiophene rings is 1. The number of aromatic nitrogens is 2. The zero-order valence-corrected chi connectivity index (χ0v) is 9.94. The third-order valence-electron chi connectivity index (χ3n) is 2.39. The van der Waals surface area contributed by atoms with Crippen LogP contribution in [0.5, 0.6) is 0 Å². The number of aliphatic hydroxyl groups is 1. The van der Waals surface area contributed by atoms with Gasteiger partial charge in [0.1, 0.15) is 0 Å². The molecule has 0 bridgehead atoms. The van der Waals surface area contributed by atoms with Gasteiger partial charge in [-0.25, -0.2) is 0 Å². The Hall–Kier alpha value is -1.26. The Morgan fingerprint density at radius 1 is 1.38 bits per heavy atom. The van der Waals surface area contributed by atoms with Gasteiger partial charge in [-0.2, -0.15) is 0 Å². The molecule has 4 heteroatoms. The third kappa shape index (κ3) is 2.87. The first kappa shape index (κ1) is 11.2. The van der Waals surface area contributed by atoms with Gasteiger partial charge in [-0.1, -0.05) is 6.07 Å². The highest BCUT2D eigenvalue weighted by Gasteiger charge is 2.09. The average Bonchev–Trinajstić information content (AvgIpc) is 2.80. The van der Waals surface area contributed by atoms with Crippen molar-refractivity contribution in [3.05, 3.63) is 46.2 Å². The molecule has 0 aliphatic carbocycles. The van der Waals surface area contributed by atoms with E-state index in [1.54, 1.807) is 23.7 Å². The second-order valence-electron chi connectivity index (χ2n) is 3.72. The molecule has 0 aliphatic rings. The minimum atomic E-state index is -0.518. The second kappa shape index (κ2) is 5.18. The lowest BCUT2D eigenvalue weighted by atomic mass is 10.1. The van der Waals surface area contributed by atoms with Gasteiger partial charge in [0.15, 0.2) is 0 Å². The molecule has 1 unspecified atom stereocenters. The molecule has 0 aromatic carbocycles. The Balaban J connectivity index is 1.93. The summed E-state index contributed by atoms with van der Waals surface area (Å²) in [7, 11) is 0. The Bertz CT molecular complexity index is 425. The van der Waals surface area contributed by atoms with Crippen LogP contribution < -0.4 is 0 Å². The fraction of sp³-hybridized carbons (Fsp3) is 0.333. The topological polar surface area (TPSA) is 46.0 Å². The molecule has 0 saturated heterocycles. The lowest BCUT2D eigenvalue weighted by Gasteiger charge is -2.08. The zero-order valence-electron chi connectivity index (χ0n) is 9.13. The van der Waals surface area contributed by atoms with Crippen LogP contribution in [0.15, 0.2) is 29.9 Å². The Morgan fingerprint density at radius 3 is 2.88 bits per heavy atom. The number of aryl methyl sites for hydroxylation is 2. The fourth-order valence-electron chi connectivity index (χ4n) is 1.46. The highest BCUT2D eigenvalue weighted by molar-refractivity contribution is 7.09. The van der Waals surface area contributed by atoms with E-state index in [0.717, 1.165) is 12.1 Å². The van der Waals surface area contributed by atoms with E-state index in [4.69, 9.17) is 0 Å². The summed E-state index contributed by atoms with van der Waals surface area (Å²) in [4.78, 5) is 9.59. The highest BCUT2D eigenvalue weighted by Crippen LogP contribution is 2.18. The molecule has 2 aromatic rings. The smallest absolute Gasteiger partial charge is 0.0978 e. The van der Waals surface area contributed by atoms with Crippen molar-refractivity contribution in [2.75, 3.05) is 0 Å². The first-order chi connectivity index (χ1) is 7.75. The largest absolute Gasteiger partial charge is 0.387 e. The van der Waals surface area contributed by atoms with Gasteiger partial charge in [0.25, 0.3) is 0 Å². The Morgan fingerprint density at radius 2 is 2.25 bits per heavy atom. The molecule has 0 spiro atoms. The van der Waals surface area contributed by atoms with Gasteiger partial charge >= 0.3 is 0 Å². The van der Waals surface area contributed by atoms with Gasteiger partial charge in [0.05, 0.1) is 23.7 Å². The quantitative estimate of drug-likeness (QED) is 0.884. The van der Waals surface area contributed by atoms with Crippen LogP contribution >= 0.6 is 11.3 Å². The maximum atomic E-state index is 9.91. The van der Waals surface area contributed by atoms with Crippen LogP contribution in [0.2, 0.25) is 0 Å². The predicted octanol–water partition coefficient (Wildman–Crippen LogP) is 2.51. The number of hydrogen-bond donors (Lipinski definition) is 1. The number of nitrogens with zero attached hydrogens (tertiary/aromatic N) is 2. The molecule has 0 fully saturated rings. The van der Waals surface area contributed by atoms with Crippen molar-refractivity contribution in [2.45, 2.75) is 25.9 Å². The fourth-order valence-corrected chi connectivity index (χ4v) is 2.18. The van der Waals surface area contributed by atoms with Crippen molar-refractivity contribution >= 4 is 11.3 Å². The molecule has 0 radical (unpaired) electrons. The standard InChI is InChI=1S/C12H14N2OS/c1-9-7-14-11(8-13-9)12(15)5-4-10-3-2-6-16-10/h2-3,6-8,12,15H,4-5H2,1H3. The van der Waals surface area contributed by atoms with E-state index >= 15 is 0 Å². The lowest BCUT2D eigenvalue weighted by Crippen LogP contribution is -2.02. The molecule has 0 amide bonds. The van der Waals surface area contributed by atoms with Crippen LogP contribution in [0.3, 0.4) is 0 Å².